The highest BCUT2D eigenvalue weighted by molar-refractivity contribution is 5.04. The van der Waals surface area contributed by atoms with Gasteiger partial charge in [0, 0.05) is 25.2 Å². The first-order valence-corrected chi connectivity index (χ1v) is 5.43. The molecule has 0 saturated carbocycles. The van der Waals surface area contributed by atoms with E-state index in [2.05, 4.69) is 29.6 Å². The molecule has 2 unspecified atom stereocenters. The van der Waals surface area contributed by atoms with Crippen molar-refractivity contribution < 1.29 is 0 Å². The Kier molecular flexibility index (Phi) is 2.59. The molecule has 3 nitrogen and oxygen atoms in total. The van der Waals surface area contributed by atoms with Gasteiger partial charge in [-0.15, -0.1) is 0 Å². The Morgan fingerprint density at radius 1 is 1.71 bits per heavy atom. The van der Waals surface area contributed by atoms with Crippen LogP contribution in [0.1, 0.15) is 31.3 Å². The van der Waals surface area contributed by atoms with E-state index in [0.717, 1.165) is 31.0 Å². The molecule has 0 amide bonds. The first-order valence-electron chi connectivity index (χ1n) is 5.43. The monoisotopic (exact) mass is 193 g/mol. The van der Waals surface area contributed by atoms with Crippen molar-refractivity contribution in [1.29, 1.82) is 0 Å². The van der Waals surface area contributed by atoms with Gasteiger partial charge < -0.3 is 10.3 Å². The second kappa shape index (κ2) is 3.73. The SMILES string of the molecule is Cc1cn2c(n1)CCC(CC(C)N)C2. The van der Waals surface area contributed by atoms with Gasteiger partial charge in [-0.1, -0.05) is 0 Å². The maximum Gasteiger partial charge on any atom is 0.108 e. The quantitative estimate of drug-likeness (QED) is 0.773. The molecule has 0 bridgehead atoms. The van der Waals surface area contributed by atoms with E-state index < -0.39 is 0 Å². The van der Waals surface area contributed by atoms with Crippen LogP contribution in [0.25, 0.3) is 0 Å². The summed E-state index contributed by atoms with van der Waals surface area (Å²) in [4.78, 5) is 4.50. The van der Waals surface area contributed by atoms with E-state index in [0.29, 0.717) is 6.04 Å². The summed E-state index contributed by atoms with van der Waals surface area (Å²) in [7, 11) is 0. The Morgan fingerprint density at radius 2 is 2.50 bits per heavy atom. The minimum atomic E-state index is 0.325. The number of hydrogen-bond acceptors (Lipinski definition) is 2. The molecule has 0 aromatic carbocycles. The molecule has 0 radical (unpaired) electrons. The lowest BCUT2D eigenvalue weighted by molar-refractivity contribution is 0.327. The van der Waals surface area contributed by atoms with Crippen LogP contribution in [-0.4, -0.2) is 15.6 Å². The van der Waals surface area contributed by atoms with Crippen LogP contribution in [0, 0.1) is 12.8 Å². The summed E-state index contributed by atoms with van der Waals surface area (Å²) in [5, 5.41) is 0. The van der Waals surface area contributed by atoms with Crippen LogP contribution in [0.4, 0.5) is 0 Å². The van der Waals surface area contributed by atoms with Crippen LogP contribution in [0.5, 0.6) is 0 Å². The molecule has 78 valence electrons. The van der Waals surface area contributed by atoms with Crippen molar-refractivity contribution in [3.8, 4) is 0 Å². The Balaban J connectivity index is 2.05. The molecule has 1 aromatic rings. The second-order valence-electron chi connectivity index (χ2n) is 4.57. The molecule has 2 N–H and O–H groups in total. The molecular weight excluding hydrogens is 174 g/mol. The lowest BCUT2D eigenvalue weighted by atomic mass is 9.93. The number of imidazole rings is 1. The Bertz CT molecular complexity index is 314. The van der Waals surface area contributed by atoms with Gasteiger partial charge in [0.25, 0.3) is 0 Å². The second-order valence-corrected chi connectivity index (χ2v) is 4.57. The number of rotatable bonds is 2. The van der Waals surface area contributed by atoms with E-state index in [9.17, 15) is 0 Å². The molecule has 2 heterocycles. The van der Waals surface area contributed by atoms with Crippen molar-refractivity contribution >= 4 is 0 Å². The lowest BCUT2D eigenvalue weighted by Gasteiger charge is -2.24. The maximum atomic E-state index is 5.82. The molecule has 0 spiro atoms. The molecule has 2 atom stereocenters. The summed E-state index contributed by atoms with van der Waals surface area (Å²) in [6, 6.07) is 0.325. The van der Waals surface area contributed by atoms with Crippen LogP contribution in [0.3, 0.4) is 0 Å². The van der Waals surface area contributed by atoms with Gasteiger partial charge in [0.1, 0.15) is 5.82 Å². The van der Waals surface area contributed by atoms with E-state index in [4.69, 9.17) is 5.73 Å². The number of aryl methyl sites for hydroxylation is 2. The Morgan fingerprint density at radius 3 is 3.21 bits per heavy atom. The first-order chi connectivity index (χ1) is 6.65. The van der Waals surface area contributed by atoms with E-state index in [1.807, 2.05) is 0 Å². The average molecular weight is 193 g/mol. The van der Waals surface area contributed by atoms with Gasteiger partial charge in [-0.05, 0) is 32.6 Å². The van der Waals surface area contributed by atoms with E-state index in [1.54, 1.807) is 0 Å². The number of aromatic nitrogens is 2. The van der Waals surface area contributed by atoms with Gasteiger partial charge >= 0.3 is 0 Å². The lowest BCUT2D eigenvalue weighted by Crippen LogP contribution is -2.26. The zero-order valence-corrected chi connectivity index (χ0v) is 9.03. The Labute approximate surface area is 85.3 Å². The molecule has 3 heteroatoms. The van der Waals surface area contributed by atoms with Gasteiger partial charge in [-0.3, -0.25) is 0 Å². The average Bonchev–Trinajstić information content (AvgIpc) is 2.42. The zero-order valence-electron chi connectivity index (χ0n) is 9.03. The van der Waals surface area contributed by atoms with Crippen molar-refractivity contribution in [2.45, 2.75) is 45.7 Å². The van der Waals surface area contributed by atoms with Gasteiger partial charge in [0.15, 0.2) is 0 Å². The maximum absolute atomic E-state index is 5.82. The predicted octanol–water partition coefficient (Wildman–Crippen LogP) is 1.49. The van der Waals surface area contributed by atoms with Crippen LogP contribution < -0.4 is 5.73 Å². The fourth-order valence-corrected chi connectivity index (χ4v) is 2.38. The largest absolute Gasteiger partial charge is 0.334 e. The standard InChI is InChI=1S/C11H19N3/c1-8(12)5-10-3-4-11-13-9(2)6-14(11)7-10/h6,8,10H,3-5,7,12H2,1-2H3. The summed E-state index contributed by atoms with van der Waals surface area (Å²) >= 11 is 0. The van der Waals surface area contributed by atoms with Gasteiger partial charge in [0.2, 0.25) is 0 Å². The predicted molar refractivity (Wildman–Crippen MR) is 57.0 cm³/mol. The summed E-state index contributed by atoms with van der Waals surface area (Å²) in [5.74, 6) is 2.00. The molecule has 1 aliphatic heterocycles. The molecule has 14 heavy (non-hydrogen) atoms. The molecular formula is C11H19N3. The number of nitrogens with two attached hydrogens (primary N) is 1. The third-order valence-electron chi connectivity index (χ3n) is 2.92. The summed E-state index contributed by atoms with van der Waals surface area (Å²) in [5.41, 5.74) is 6.96. The van der Waals surface area contributed by atoms with Crippen molar-refractivity contribution in [3.63, 3.8) is 0 Å². The summed E-state index contributed by atoms with van der Waals surface area (Å²) in [6.45, 7) is 5.26. The smallest absolute Gasteiger partial charge is 0.108 e. The van der Waals surface area contributed by atoms with Gasteiger partial charge in [-0.25, -0.2) is 4.98 Å². The highest BCUT2D eigenvalue weighted by Gasteiger charge is 2.20. The number of fused-ring (bicyclic) bond motifs is 1. The topological polar surface area (TPSA) is 43.8 Å². The Hall–Kier alpha value is -0.830. The molecule has 2 rings (SSSR count). The highest BCUT2D eigenvalue weighted by atomic mass is 15.1. The van der Waals surface area contributed by atoms with Crippen molar-refractivity contribution in [1.82, 2.24) is 9.55 Å². The molecule has 0 fully saturated rings. The molecule has 0 aliphatic carbocycles. The summed E-state index contributed by atoms with van der Waals surface area (Å²) < 4.78 is 2.30. The van der Waals surface area contributed by atoms with Crippen LogP contribution in [-0.2, 0) is 13.0 Å². The summed E-state index contributed by atoms with van der Waals surface area (Å²) in [6.07, 6.45) is 5.66. The molecule has 1 aliphatic rings. The fourth-order valence-electron chi connectivity index (χ4n) is 2.38. The van der Waals surface area contributed by atoms with Gasteiger partial charge in [0.05, 0.1) is 5.69 Å². The number of hydrogen-bond donors (Lipinski definition) is 1. The van der Waals surface area contributed by atoms with Gasteiger partial charge in [-0.2, -0.15) is 0 Å². The third kappa shape index (κ3) is 1.98. The van der Waals surface area contributed by atoms with Crippen LogP contribution in [0.2, 0.25) is 0 Å². The van der Waals surface area contributed by atoms with Crippen molar-refractivity contribution in [2.24, 2.45) is 11.7 Å². The van der Waals surface area contributed by atoms with Crippen molar-refractivity contribution in [2.75, 3.05) is 0 Å². The van der Waals surface area contributed by atoms with E-state index in [-0.39, 0.29) is 0 Å². The normalized spacial score (nSPS) is 23.2. The minimum absolute atomic E-state index is 0.325. The number of nitrogens with zero attached hydrogens (tertiary/aromatic N) is 2. The first kappa shape index (κ1) is 9.71. The minimum Gasteiger partial charge on any atom is -0.334 e. The van der Waals surface area contributed by atoms with Crippen LogP contribution in [0.15, 0.2) is 6.20 Å². The highest BCUT2D eigenvalue weighted by Crippen LogP contribution is 2.23. The van der Waals surface area contributed by atoms with Crippen LogP contribution >= 0.6 is 0 Å². The third-order valence-corrected chi connectivity index (χ3v) is 2.92. The van der Waals surface area contributed by atoms with E-state index in [1.165, 1.54) is 12.2 Å². The van der Waals surface area contributed by atoms with E-state index >= 15 is 0 Å². The van der Waals surface area contributed by atoms with Crippen molar-refractivity contribution in [3.05, 3.63) is 17.7 Å². The zero-order chi connectivity index (χ0) is 10.1. The fraction of sp³-hybridized carbons (Fsp3) is 0.727. The molecule has 1 aromatic heterocycles. The molecule has 0 saturated heterocycles.